The predicted molar refractivity (Wildman–Crippen MR) is 49.0 cm³/mol. The summed E-state index contributed by atoms with van der Waals surface area (Å²) in [5.41, 5.74) is 0.338. The second kappa shape index (κ2) is 2.95. The molecular formula is C9H8N2O3. The lowest BCUT2D eigenvalue weighted by Crippen LogP contribution is -1.82. The van der Waals surface area contributed by atoms with Gasteiger partial charge in [-0.05, 0) is 12.1 Å². The van der Waals surface area contributed by atoms with E-state index in [4.69, 9.17) is 5.11 Å². The SMILES string of the molecule is Oc1ccc(-c2ncc[nH]2)c(O)c1O. The van der Waals surface area contributed by atoms with E-state index in [-0.39, 0.29) is 11.5 Å². The number of rotatable bonds is 1. The third-order valence-corrected chi connectivity index (χ3v) is 1.88. The first-order valence-corrected chi connectivity index (χ1v) is 3.94. The molecule has 0 fully saturated rings. The van der Waals surface area contributed by atoms with E-state index in [1.54, 1.807) is 6.20 Å². The van der Waals surface area contributed by atoms with Crippen molar-refractivity contribution < 1.29 is 15.3 Å². The molecule has 0 saturated carbocycles. The maximum absolute atomic E-state index is 9.48. The highest BCUT2D eigenvalue weighted by molar-refractivity contribution is 5.70. The number of phenols is 3. The van der Waals surface area contributed by atoms with Gasteiger partial charge in [-0.25, -0.2) is 4.98 Å². The summed E-state index contributed by atoms with van der Waals surface area (Å²) < 4.78 is 0. The minimum absolute atomic E-state index is 0.338. The quantitative estimate of drug-likeness (QED) is 0.511. The van der Waals surface area contributed by atoms with Gasteiger partial charge in [-0.2, -0.15) is 0 Å². The number of benzene rings is 1. The van der Waals surface area contributed by atoms with E-state index in [2.05, 4.69) is 9.97 Å². The van der Waals surface area contributed by atoms with E-state index < -0.39 is 5.75 Å². The highest BCUT2D eigenvalue weighted by atomic mass is 16.3. The number of aromatic amines is 1. The number of aromatic nitrogens is 2. The highest BCUT2D eigenvalue weighted by Gasteiger charge is 2.13. The first-order valence-electron chi connectivity index (χ1n) is 3.94. The monoisotopic (exact) mass is 192 g/mol. The van der Waals surface area contributed by atoms with Crippen molar-refractivity contribution in [3.63, 3.8) is 0 Å². The second-order valence-corrected chi connectivity index (χ2v) is 2.77. The molecule has 0 spiro atoms. The van der Waals surface area contributed by atoms with Gasteiger partial charge in [-0.15, -0.1) is 0 Å². The molecule has 0 bridgehead atoms. The minimum Gasteiger partial charge on any atom is -0.504 e. The Bertz CT molecular complexity index is 451. The standard InChI is InChI=1S/C9H8N2O3/c12-6-2-1-5(7(13)8(6)14)9-10-3-4-11-9/h1-4,12-14H,(H,10,11). The number of phenolic OH excluding ortho intramolecular Hbond substituents is 3. The Morgan fingerprint density at radius 3 is 2.50 bits per heavy atom. The van der Waals surface area contributed by atoms with Crippen LogP contribution in [0, 0.1) is 0 Å². The maximum Gasteiger partial charge on any atom is 0.201 e. The Morgan fingerprint density at radius 2 is 1.86 bits per heavy atom. The molecule has 72 valence electrons. The van der Waals surface area contributed by atoms with Crippen molar-refractivity contribution in [1.82, 2.24) is 9.97 Å². The number of hydrogen-bond acceptors (Lipinski definition) is 4. The van der Waals surface area contributed by atoms with Crippen molar-refractivity contribution >= 4 is 0 Å². The number of imidazole rings is 1. The zero-order valence-electron chi connectivity index (χ0n) is 7.10. The number of aromatic hydroxyl groups is 3. The van der Waals surface area contributed by atoms with E-state index in [1.165, 1.54) is 18.3 Å². The highest BCUT2D eigenvalue weighted by Crippen LogP contribution is 2.40. The van der Waals surface area contributed by atoms with E-state index in [0.29, 0.717) is 11.4 Å². The van der Waals surface area contributed by atoms with Crippen LogP contribution >= 0.6 is 0 Å². The predicted octanol–water partition coefficient (Wildman–Crippen LogP) is 1.19. The van der Waals surface area contributed by atoms with Crippen LogP contribution in [0.15, 0.2) is 24.5 Å². The molecule has 0 radical (unpaired) electrons. The van der Waals surface area contributed by atoms with Gasteiger partial charge in [0.05, 0.1) is 5.56 Å². The molecule has 5 nitrogen and oxygen atoms in total. The Kier molecular flexibility index (Phi) is 1.78. The molecule has 1 aromatic heterocycles. The van der Waals surface area contributed by atoms with Crippen molar-refractivity contribution in [1.29, 1.82) is 0 Å². The fourth-order valence-corrected chi connectivity index (χ4v) is 1.17. The van der Waals surface area contributed by atoms with Crippen molar-refractivity contribution in [3.8, 4) is 28.6 Å². The zero-order valence-corrected chi connectivity index (χ0v) is 7.10. The maximum atomic E-state index is 9.48. The van der Waals surface area contributed by atoms with E-state index in [9.17, 15) is 10.2 Å². The lowest BCUT2D eigenvalue weighted by molar-refractivity contribution is 0.369. The summed E-state index contributed by atoms with van der Waals surface area (Å²) in [6.45, 7) is 0. The molecule has 0 aliphatic carbocycles. The third kappa shape index (κ3) is 1.15. The average molecular weight is 192 g/mol. The number of H-pyrrole nitrogens is 1. The van der Waals surface area contributed by atoms with Crippen LogP contribution in [-0.4, -0.2) is 25.3 Å². The van der Waals surface area contributed by atoms with Gasteiger partial charge in [-0.3, -0.25) is 0 Å². The molecule has 0 aliphatic rings. The van der Waals surface area contributed by atoms with E-state index in [0.717, 1.165) is 0 Å². The Hall–Kier alpha value is -2.17. The molecule has 5 heteroatoms. The van der Waals surface area contributed by atoms with Gasteiger partial charge in [0.25, 0.3) is 0 Å². The summed E-state index contributed by atoms with van der Waals surface area (Å²) in [6.07, 6.45) is 3.12. The van der Waals surface area contributed by atoms with Crippen LogP contribution in [-0.2, 0) is 0 Å². The number of hydrogen-bond donors (Lipinski definition) is 4. The molecule has 14 heavy (non-hydrogen) atoms. The molecule has 0 saturated heterocycles. The first kappa shape index (κ1) is 8.43. The van der Waals surface area contributed by atoms with Crippen LogP contribution in [0.1, 0.15) is 0 Å². The largest absolute Gasteiger partial charge is 0.504 e. The fraction of sp³-hybridized carbons (Fsp3) is 0. The normalized spacial score (nSPS) is 10.3. The molecule has 1 aromatic carbocycles. The minimum atomic E-state index is -0.543. The van der Waals surface area contributed by atoms with Gasteiger partial charge in [-0.1, -0.05) is 0 Å². The lowest BCUT2D eigenvalue weighted by atomic mass is 10.1. The summed E-state index contributed by atoms with van der Waals surface area (Å²) in [4.78, 5) is 6.69. The van der Waals surface area contributed by atoms with Crippen molar-refractivity contribution in [2.75, 3.05) is 0 Å². The van der Waals surface area contributed by atoms with Crippen molar-refractivity contribution in [3.05, 3.63) is 24.5 Å². The van der Waals surface area contributed by atoms with Crippen LogP contribution in [0.3, 0.4) is 0 Å². The molecule has 2 aromatic rings. The molecule has 2 rings (SSSR count). The van der Waals surface area contributed by atoms with Crippen LogP contribution in [0.4, 0.5) is 0 Å². The molecule has 4 N–H and O–H groups in total. The average Bonchev–Trinajstić information content (AvgIpc) is 2.67. The van der Waals surface area contributed by atoms with Crippen molar-refractivity contribution in [2.45, 2.75) is 0 Å². The molecule has 1 heterocycles. The third-order valence-electron chi connectivity index (χ3n) is 1.88. The van der Waals surface area contributed by atoms with Gasteiger partial charge in [0.15, 0.2) is 11.5 Å². The van der Waals surface area contributed by atoms with Crippen LogP contribution < -0.4 is 0 Å². The molecule has 0 amide bonds. The van der Waals surface area contributed by atoms with Gasteiger partial charge in [0.1, 0.15) is 5.82 Å². The molecule has 0 atom stereocenters. The number of nitrogens with zero attached hydrogens (tertiary/aromatic N) is 1. The Labute approximate surface area is 79.3 Å². The summed E-state index contributed by atoms with van der Waals surface area (Å²) >= 11 is 0. The van der Waals surface area contributed by atoms with Crippen LogP contribution in [0.25, 0.3) is 11.4 Å². The summed E-state index contributed by atoms with van der Waals surface area (Å²) in [5, 5.41) is 27.8. The fourth-order valence-electron chi connectivity index (χ4n) is 1.17. The summed E-state index contributed by atoms with van der Waals surface area (Å²) in [7, 11) is 0. The van der Waals surface area contributed by atoms with Crippen LogP contribution in [0.5, 0.6) is 17.2 Å². The zero-order chi connectivity index (χ0) is 10.1. The van der Waals surface area contributed by atoms with Crippen molar-refractivity contribution in [2.24, 2.45) is 0 Å². The van der Waals surface area contributed by atoms with Gasteiger partial charge < -0.3 is 20.3 Å². The van der Waals surface area contributed by atoms with E-state index in [1.807, 2.05) is 0 Å². The molecular weight excluding hydrogens is 184 g/mol. The Balaban J connectivity index is 2.61. The Morgan fingerprint density at radius 1 is 1.07 bits per heavy atom. The first-order chi connectivity index (χ1) is 6.70. The van der Waals surface area contributed by atoms with Crippen LogP contribution in [0.2, 0.25) is 0 Å². The lowest BCUT2D eigenvalue weighted by Gasteiger charge is -2.04. The van der Waals surface area contributed by atoms with Gasteiger partial charge in [0, 0.05) is 12.4 Å². The number of nitrogens with one attached hydrogen (secondary N) is 1. The summed E-state index contributed by atoms with van der Waals surface area (Å²) in [6, 6.07) is 2.75. The molecule has 0 unspecified atom stereocenters. The summed E-state index contributed by atoms with van der Waals surface area (Å²) in [5.74, 6) is -0.866. The van der Waals surface area contributed by atoms with Gasteiger partial charge in [0.2, 0.25) is 5.75 Å². The van der Waals surface area contributed by atoms with Gasteiger partial charge >= 0.3 is 0 Å². The smallest absolute Gasteiger partial charge is 0.201 e. The topological polar surface area (TPSA) is 89.4 Å². The second-order valence-electron chi connectivity index (χ2n) is 2.77. The van der Waals surface area contributed by atoms with E-state index >= 15 is 0 Å². The molecule has 0 aliphatic heterocycles.